The molecule has 0 aliphatic rings. The molecule has 0 atom stereocenters. The molecule has 0 aliphatic carbocycles. The van der Waals surface area contributed by atoms with Gasteiger partial charge in [-0.05, 0) is 42.0 Å². The van der Waals surface area contributed by atoms with E-state index in [2.05, 4.69) is 10.0 Å². The molecule has 25 heavy (non-hydrogen) atoms. The Morgan fingerprint density at radius 3 is 2.28 bits per heavy atom. The predicted molar refractivity (Wildman–Crippen MR) is 99.6 cm³/mol. The zero-order valence-electron chi connectivity index (χ0n) is 12.9. The molecular weight excluding hydrogens is 407 g/mol. The summed E-state index contributed by atoms with van der Waals surface area (Å²) < 4.78 is 26.5. The van der Waals surface area contributed by atoms with Crippen molar-refractivity contribution in [2.75, 3.05) is 6.54 Å². The Morgan fingerprint density at radius 1 is 0.960 bits per heavy atom. The molecule has 0 heterocycles. The van der Waals surface area contributed by atoms with Crippen molar-refractivity contribution in [1.29, 1.82) is 0 Å². The number of carbonyl (C=O) groups is 1. The first-order chi connectivity index (χ1) is 11.8. The summed E-state index contributed by atoms with van der Waals surface area (Å²) in [4.78, 5) is 11.9. The van der Waals surface area contributed by atoms with Crippen molar-refractivity contribution in [3.8, 4) is 0 Å². The first-order valence-electron chi connectivity index (χ1n) is 7.24. The monoisotopic (exact) mass is 420 g/mol. The summed E-state index contributed by atoms with van der Waals surface area (Å²) in [6.45, 7) is 0.262. The summed E-state index contributed by atoms with van der Waals surface area (Å²) in [6.07, 6.45) is 0.00808. The lowest BCUT2D eigenvalue weighted by molar-refractivity contribution is -0.121. The standard InChI is InChI=1S/C16H15Cl3N2O3S/c17-12-2-4-13(5-3-12)25(23,24)21-8-7-16(22)20-10-11-1-6-14(18)15(19)9-11/h1-6,9,21H,7-8,10H2,(H,20,22). The fourth-order valence-corrected chi connectivity index (χ4v) is 3.41. The second-order valence-corrected chi connectivity index (χ2v) is 8.14. The summed E-state index contributed by atoms with van der Waals surface area (Å²) >= 11 is 17.5. The number of sulfonamides is 1. The van der Waals surface area contributed by atoms with Crippen LogP contribution in [0.15, 0.2) is 47.4 Å². The van der Waals surface area contributed by atoms with Crippen LogP contribution in [0.5, 0.6) is 0 Å². The van der Waals surface area contributed by atoms with Gasteiger partial charge in [-0.2, -0.15) is 0 Å². The van der Waals surface area contributed by atoms with Gasteiger partial charge >= 0.3 is 0 Å². The van der Waals surface area contributed by atoms with E-state index in [-0.39, 0.29) is 30.3 Å². The third-order valence-corrected chi connectivity index (χ3v) is 5.71. The smallest absolute Gasteiger partial charge is 0.240 e. The molecule has 2 aromatic rings. The lowest BCUT2D eigenvalue weighted by Crippen LogP contribution is -2.30. The number of hydrogen-bond donors (Lipinski definition) is 2. The highest BCUT2D eigenvalue weighted by atomic mass is 35.5. The molecule has 0 fully saturated rings. The lowest BCUT2D eigenvalue weighted by Gasteiger charge is -2.08. The average molecular weight is 422 g/mol. The molecule has 0 aromatic heterocycles. The van der Waals surface area contributed by atoms with Crippen molar-refractivity contribution in [1.82, 2.24) is 10.0 Å². The molecular formula is C16H15Cl3N2O3S. The maximum absolute atomic E-state index is 12.1. The van der Waals surface area contributed by atoms with Crippen molar-refractivity contribution >= 4 is 50.7 Å². The number of hydrogen-bond acceptors (Lipinski definition) is 3. The van der Waals surface area contributed by atoms with Crippen LogP contribution < -0.4 is 10.0 Å². The van der Waals surface area contributed by atoms with E-state index in [4.69, 9.17) is 34.8 Å². The maximum Gasteiger partial charge on any atom is 0.240 e. The molecule has 2 N–H and O–H groups in total. The van der Waals surface area contributed by atoms with Gasteiger partial charge in [0.25, 0.3) is 0 Å². The second kappa shape index (κ2) is 8.87. The van der Waals surface area contributed by atoms with Crippen molar-refractivity contribution in [3.05, 3.63) is 63.1 Å². The summed E-state index contributed by atoms with van der Waals surface area (Å²) in [7, 11) is -3.67. The van der Waals surface area contributed by atoms with Crippen LogP contribution in [0.4, 0.5) is 0 Å². The van der Waals surface area contributed by atoms with Crippen molar-refractivity contribution in [2.45, 2.75) is 17.9 Å². The third-order valence-electron chi connectivity index (χ3n) is 3.24. The summed E-state index contributed by atoms with van der Waals surface area (Å²) in [5.74, 6) is -0.287. The molecule has 0 unspecified atom stereocenters. The summed E-state index contributed by atoms with van der Waals surface area (Å²) in [5, 5.41) is 3.98. The fourth-order valence-electron chi connectivity index (χ4n) is 1.93. The zero-order valence-corrected chi connectivity index (χ0v) is 16.0. The summed E-state index contributed by atoms with van der Waals surface area (Å²) in [5.41, 5.74) is 0.796. The molecule has 2 aromatic carbocycles. The minimum atomic E-state index is -3.67. The van der Waals surface area contributed by atoms with Crippen LogP contribution in [-0.2, 0) is 21.4 Å². The van der Waals surface area contributed by atoms with Gasteiger partial charge in [0, 0.05) is 24.5 Å². The van der Waals surface area contributed by atoms with E-state index in [1.807, 2.05) is 0 Å². The van der Waals surface area contributed by atoms with Gasteiger partial charge < -0.3 is 5.32 Å². The molecule has 1 amide bonds. The molecule has 0 saturated heterocycles. The highest BCUT2D eigenvalue weighted by Gasteiger charge is 2.14. The first kappa shape index (κ1) is 20.0. The molecule has 9 heteroatoms. The maximum atomic E-state index is 12.1. The van der Waals surface area contributed by atoms with Crippen LogP contribution in [-0.4, -0.2) is 20.9 Å². The van der Waals surface area contributed by atoms with Gasteiger partial charge in [-0.3, -0.25) is 4.79 Å². The molecule has 2 rings (SSSR count). The molecule has 5 nitrogen and oxygen atoms in total. The molecule has 0 bridgehead atoms. The van der Waals surface area contributed by atoms with E-state index in [9.17, 15) is 13.2 Å². The third kappa shape index (κ3) is 6.17. The van der Waals surface area contributed by atoms with Gasteiger partial charge in [0.15, 0.2) is 0 Å². The molecule has 0 saturated carbocycles. The van der Waals surface area contributed by atoms with Crippen LogP contribution in [0.1, 0.15) is 12.0 Å². The van der Waals surface area contributed by atoms with Crippen LogP contribution in [0, 0.1) is 0 Å². The van der Waals surface area contributed by atoms with E-state index in [0.29, 0.717) is 15.1 Å². The first-order valence-corrected chi connectivity index (χ1v) is 9.85. The van der Waals surface area contributed by atoms with Crippen molar-refractivity contribution in [2.24, 2.45) is 0 Å². The molecule has 134 valence electrons. The van der Waals surface area contributed by atoms with Crippen LogP contribution >= 0.6 is 34.8 Å². The quantitative estimate of drug-likeness (QED) is 0.717. The number of amides is 1. The van der Waals surface area contributed by atoms with E-state index >= 15 is 0 Å². The van der Waals surface area contributed by atoms with Gasteiger partial charge in [0.2, 0.25) is 15.9 Å². The average Bonchev–Trinajstić information content (AvgIpc) is 2.56. The van der Waals surface area contributed by atoms with Gasteiger partial charge in [-0.1, -0.05) is 40.9 Å². The minimum Gasteiger partial charge on any atom is -0.352 e. The van der Waals surface area contributed by atoms with Gasteiger partial charge in [0.1, 0.15) is 0 Å². The van der Waals surface area contributed by atoms with Crippen molar-refractivity contribution < 1.29 is 13.2 Å². The van der Waals surface area contributed by atoms with E-state index in [1.54, 1.807) is 18.2 Å². The summed E-state index contributed by atoms with van der Waals surface area (Å²) in [6, 6.07) is 10.8. The van der Waals surface area contributed by atoms with Crippen LogP contribution in [0.25, 0.3) is 0 Å². The van der Waals surface area contributed by atoms with Gasteiger partial charge in [0.05, 0.1) is 14.9 Å². The topological polar surface area (TPSA) is 75.3 Å². The van der Waals surface area contributed by atoms with Crippen LogP contribution in [0.3, 0.4) is 0 Å². The highest BCUT2D eigenvalue weighted by Crippen LogP contribution is 2.22. The Hall–Kier alpha value is -1.31. The minimum absolute atomic E-state index is 0.00808. The highest BCUT2D eigenvalue weighted by molar-refractivity contribution is 7.89. The number of benzene rings is 2. The number of nitrogens with one attached hydrogen (secondary N) is 2. The molecule has 0 aliphatic heterocycles. The van der Waals surface area contributed by atoms with Gasteiger partial charge in [-0.25, -0.2) is 13.1 Å². The van der Waals surface area contributed by atoms with Crippen molar-refractivity contribution in [3.63, 3.8) is 0 Å². The zero-order chi connectivity index (χ0) is 18.4. The normalized spacial score (nSPS) is 11.3. The second-order valence-electron chi connectivity index (χ2n) is 5.13. The fraction of sp³-hybridized carbons (Fsp3) is 0.188. The predicted octanol–water partition coefficient (Wildman–Crippen LogP) is 3.63. The van der Waals surface area contributed by atoms with Crippen LogP contribution in [0.2, 0.25) is 15.1 Å². The Labute approximate surface area is 161 Å². The number of halogens is 3. The van der Waals surface area contributed by atoms with Gasteiger partial charge in [-0.15, -0.1) is 0 Å². The number of rotatable bonds is 7. The SMILES string of the molecule is O=C(CCNS(=O)(=O)c1ccc(Cl)cc1)NCc1ccc(Cl)c(Cl)c1. The Kier molecular flexibility index (Phi) is 7.10. The van der Waals surface area contributed by atoms with E-state index in [1.165, 1.54) is 24.3 Å². The van der Waals surface area contributed by atoms with E-state index < -0.39 is 10.0 Å². The Morgan fingerprint density at radius 2 is 1.64 bits per heavy atom. The molecule has 0 radical (unpaired) electrons. The number of carbonyl (C=O) groups excluding carboxylic acids is 1. The largest absolute Gasteiger partial charge is 0.352 e. The van der Waals surface area contributed by atoms with E-state index in [0.717, 1.165) is 5.56 Å². The molecule has 0 spiro atoms. The lowest BCUT2D eigenvalue weighted by atomic mass is 10.2. The Bertz CT molecular complexity index is 855. The Balaban J connectivity index is 1.79.